The van der Waals surface area contributed by atoms with Gasteiger partial charge in [0.15, 0.2) is 18.3 Å². The fraction of sp³-hybridized carbons (Fsp3) is 0.500. The molecule has 8 heteroatoms. The number of ether oxygens (including phenoxy) is 1. The second kappa shape index (κ2) is 4.17. The predicted molar refractivity (Wildman–Crippen MR) is 51.9 cm³/mol. The predicted octanol–water partition coefficient (Wildman–Crippen LogP) is 0.183. The zero-order chi connectivity index (χ0) is 11.5. The van der Waals surface area contributed by atoms with Crippen LogP contribution in [0, 0.1) is 0 Å². The van der Waals surface area contributed by atoms with E-state index in [-0.39, 0.29) is 24.3 Å². The molecular weight excluding hydrogens is 214 g/mol. The second-order valence-corrected chi connectivity index (χ2v) is 3.49. The maximum Gasteiger partial charge on any atom is 0.417 e. The van der Waals surface area contributed by atoms with Gasteiger partial charge in [-0.25, -0.2) is 9.89 Å². The Hall–Kier alpha value is -2.12. The summed E-state index contributed by atoms with van der Waals surface area (Å²) in [7, 11) is 0. The average Bonchev–Trinajstić information content (AvgIpc) is 2.83. The van der Waals surface area contributed by atoms with Crippen LogP contribution in [0.1, 0.15) is 31.4 Å². The number of H-pyrrole nitrogens is 2. The fourth-order valence-electron chi connectivity index (χ4n) is 1.02. The number of hydrogen-bond acceptors (Lipinski definition) is 6. The van der Waals surface area contributed by atoms with Crippen molar-refractivity contribution in [2.75, 3.05) is 0 Å². The largest absolute Gasteiger partial charge is 0.441 e. The van der Waals surface area contributed by atoms with E-state index in [2.05, 4.69) is 25.3 Å². The molecule has 0 saturated heterocycles. The molecule has 2 heterocycles. The average molecular weight is 225 g/mol. The lowest BCUT2D eigenvalue weighted by molar-refractivity contribution is 0.190. The minimum absolute atomic E-state index is 0.0625. The molecule has 0 atom stereocenters. The number of aromatic nitrogens is 5. The first-order valence-electron chi connectivity index (χ1n) is 4.75. The van der Waals surface area contributed by atoms with Gasteiger partial charge in [-0.05, 0) is 0 Å². The molecule has 0 aliphatic heterocycles. The monoisotopic (exact) mass is 225 g/mol. The normalized spacial score (nSPS) is 10.9. The Bertz CT molecular complexity index is 511. The lowest BCUT2D eigenvalue weighted by Gasteiger charge is -1.95. The van der Waals surface area contributed by atoms with Crippen molar-refractivity contribution in [2.24, 2.45) is 0 Å². The summed E-state index contributed by atoms with van der Waals surface area (Å²) < 4.78 is 9.98. The van der Waals surface area contributed by atoms with Crippen molar-refractivity contribution in [1.29, 1.82) is 0 Å². The molecule has 86 valence electrons. The van der Waals surface area contributed by atoms with Gasteiger partial charge in [0.2, 0.25) is 0 Å². The molecule has 0 bridgehead atoms. The summed E-state index contributed by atoms with van der Waals surface area (Å²) in [5, 5.41) is 9.61. The maximum atomic E-state index is 10.7. The summed E-state index contributed by atoms with van der Waals surface area (Å²) in [5.74, 6) is 1.12. The molecular formula is C8H11N5O3. The Morgan fingerprint density at radius 3 is 2.88 bits per heavy atom. The SMILES string of the molecule is CC(C)c1noc(OCc2n[nH]c(=O)[nH]2)n1. The highest BCUT2D eigenvalue weighted by Crippen LogP contribution is 2.14. The van der Waals surface area contributed by atoms with Gasteiger partial charge in [0.1, 0.15) is 0 Å². The number of rotatable bonds is 4. The molecule has 16 heavy (non-hydrogen) atoms. The lowest BCUT2D eigenvalue weighted by atomic mass is 10.2. The summed E-state index contributed by atoms with van der Waals surface area (Å²) in [6.07, 6.45) is 0.0625. The van der Waals surface area contributed by atoms with Gasteiger partial charge in [-0.3, -0.25) is 9.51 Å². The summed E-state index contributed by atoms with van der Waals surface area (Å²) >= 11 is 0. The Labute approximate surface area is 90.0 Å². The van der Waals surface area contributed by atoms with Gasteiger partial charge in [0.25, 0.3) is 0 Å². The zero-order valence-electron chi connectivity index (χ0n) is 8.85. The summed E-state index contributed by atoms with van der Waals surface area (Å²) in [6.45, 7) is 3.96. The van der Waals surface area contributed by atoms with Gasteiger partial charge >= 0.3 is 11.8 Å². The molecule has 8 nitrogen and oxygen atoms in total. The standard InChI is InChI=1S/C8H11N5O3/c1-4(2)6-10-8(16-13-6)15-3-5-9-7(14)12-11-5/h4H,3H2,1-2H3,(H2,9,11,12,14). The third-order valence-electron chi connectivity index (χ3n) is 1.82. The van der Waals surface area contributed by atoms with Crippen molar-refractivity contribution >= 4 is 0 Å². The molecule has 0 radical (unpaired) electrons. The Morgan fingerprint density at radius 2 is 2.31 bits per heavy atom. The number of aromatic amines is 2. The third-order valence-corrected chi connectivity index (χ3v) is 1.82. The third kappa shape index (κ3) is 2.27. The molecule has 0 spiro atoms. The lowest BCUT2D eigenvalue weighted by Crippen LogP contribution is -2.03. The van der Waals surface area contributed by atoms with Crippen LogP contribution in [0.4, 0.5) is 0 Å². The molecule has 0 unspecified atom stereocenters. The van der Waals surface area contributed by atoms with Crippen molar-refractivity contribution < 1.29 is 9.26 Å². The van der Waals surface area contributed by atoms with Crippen molar-refractivity contribution in [1.82, 2.24) is 25.3 Å². The minimum atomic E-state index is -0.382. The van der Waals surface area contributed by atoms with Gasteiger partial charge in [-0.2, -0.15) is 10.1 Å². The number of nitrogens with one attached hydrogen (secondary N) is 2. The molecule has 0 fully saturated rings. The molecule has 0 amide bonds. The van der Waals surface area contributed by atoms with E-state index in [0.717, 1.165) is 0 Å². The van der Waals surface area contributed by atoms with Crippen LogP contribution in [-0.2, 0) is 6.61 Å². The van der Waals surface area contributed by atoms with Crippen LogP contribution < -0.4 is 10.4 Å². The number of hydrogen-bond donors (Lipinski definition) is 2. The van der Waals surface area contributed by atoms with Gasteiger partial charge in [-0.1, -0.05) is 19.0 Å². The Morgan fingerprint density at radius 1 is 1.50 bits per heavy atom. The van der Waals surface area contributed by atoms with E-state index in [1.807, 2.05) is 13.8 Å². The first kappa shape index (κ1) is 10.4. The highest BCUT2D eigenvalue weighted by molar-refractivity contribution is 4.95. The Balaban J connectivity index is 1.97. The van der Waals surface area contributed by atoms with Crippen LogP contribution >= 0.6 is 0 Å². The van der Waals surface area contributed by atoms with Crippen molar-refractivity contribution in [3.05, 3.63) is 22.1 Å². The van der Waals surface area contributed by atoms with Crippen LogP contribution in [0.25, 0.3) is 0 Å². The van der Waals surface area contributed by atoms with E-state index in [0.29, 0.717) is 11.6 Å². The first-order valence-corrected chi connectivity index (χ1v) is 4.75. The van der Waals surface area contributed by atoms with E-state index in [1.54, 1.807) is 0 Å². The molecule has 2 aromatic rings. The minimum Gasteiger partial charge on any atom is -0.441 e. The van der Waals surface area contributed by atoms with Crippen LogP contribution in [-0.4, -0.2) is 25.3 Å². The van der Waals surface area contributed by atoms with Crippen LogP contribution in [0.15, 0.2) is 9.32 Å². The van der Waals surface area contributed by atoms with Gasteiger partial charge in [0, 0.05) is 5.92 Å². The van der Waals surface area contributed by atoms with Gasteiger partial charge in [-0.15, -0.1) is 0 Å². The smallest absolute Gasteiger partial charge is 0.417 e. The molecule has 2 N–H and O–H groups in total. The fourth-order valence-corrected chi connectivity index (χ4v) is 1.02. The van der Waals surface area contributed by atoms with E-state index < -0.39 is 0 Å². The summed E-state index contributed by atoms with van der Waals surface area (Å²) in [6, 6.07) is 0. The maximum absolute atomic E-state index is 10.7. The highest BCUT2D eigenvalue weighted by atomic mass is 16.6. The van der Waals surface area contributed by atoms with Crippen molar-refractivity contribution in [3.63, 3.8) is 0 Å². The summed E-state index contributed by atoms with van der Waals surface area (Å²) in [5.41, 5.74) is -0.382. The van der Waals surface area contributed by atoms with E-state index in [9.17, 15) is 4.79 Å². The van der Waals surface area contributed by atoms with Crippen LogP contribution in [0.3, 0.4) is 0 Å². The van der Waals surface area contributed by atoms with Gasteiger partial charge < -0.3 is 4.74 Å². The zero-order valence-corrected chi connectivity index (χ0v) is 8.85. The molecule has 2 aromatic heterocycles. The molecule has 0 saturated carbocycles. The molecule has 0 aromatic carbocycles. The molecule has 2 rings (SSSR count). The van der Waals surface area contributed by atoms with Crippen LogP contribution in [0.2, 0.25) is 0 Å². The van der Waals surface area contributed by atoms with E-state index >= 15 is 0 Å². The molecule has 0 aliphatic carbocycles. The van der Waals surface area contributed by atoms with Crippen LogP contribution in [0.5, 0.6) is 6.08 Å². The van der Waals surface area contributed by atoms with E-state index in [4.69, 9.17) is 9.26 Å². The van der Waals surface area contributed by atoms with Crippen molar-refractivity contribution in [3.8, 4) is 6.08 Å². The second-order valence-electron chi connectivity index (χ2n) is 3.49. The number of nitrogens with zero attached hydrogens (tertiary/aromatic N) is 3. The van der Waals surface area contributed by atoms with Gasteiger partial charge in [0.05, 0.1) is 0 Å². The molecule has 0 aliphatic rings. The van der Waals surface area contributed by atoms with E-state index in [1.165, 1.54) is 0 Å². The topological polar surface area (TPSA) is 110 Å². The Kier molecular flexibility index (Phi) is 2.71. The highest BCUT2D eigenvalue weighted by Gasteiger charge is 2.11. The first-order chi connectivity index (χ1) is 7.65. The van der Waals surface area contributed by atoms with Crippen molar-refractivity contribution in [2.45, 2.75) is 26.4 Å². The quantitative estimate of drug-likeness (QED) is 0.768. The summed E-state index contributed by atoms with van der Waals surface area (Å²) in [4.78, 5) is 17.2.